The van der Waals surface area contributed by atoms with Gasteiger partial charge < -0.3 is 9.88 Å². The van der Waals surface area contributed by atoms with Crippen molar-refractivity contribution in [1.29, 1.82) is 0 Å². The molecule has 1 aromatic heterocycles. The Morgan fingerprint density at radius 3 is 2.77 bits per heavy atom. The maximum Gasteiger partial charge on any atom is 0.231 e. The first-order valence-electron chi connectivity index (χ1n) is 10.7. The van der Waals surface area contributed by atoms with Gasteiger partial charge in [0, 0.05) is 18.7 Å². The summed E-state index contributed by atoms with van der Waals surface area (Å²) in [6, 6.07) is 14.4. The monoisotopic (exact) mass is 406 g/mol. The Balaban J connectivity index is 1.61. The summed E-state index contributed by atoms with van der Waals surface area (Å²) < 4.78 is 16.7. The van der Waals surface area contributed by atoms with Crippen LogP contribution in [0, 0.1) is 5.82 Å². The van der Waals surface area contributed by atoms with Crippen molar-refractivity contribution in [3.05, 3.63) is 65.7 Å². The summed E-state index contributed by atoms with van der Waals surface area (Å²) in [6.07, 6.45) is 5.76. The SMILES string of the molecule is CCCC(C(=O)Nc1ccc(F)c(-c2nnc3n2CCCCC3)c1)c1ccccc1. The van der Waals surface area contributed by atoms with Crippen LogP contribution in [0.25, 0.3) is 11.4 Å². The zero-order valence-corrected chi connectivity index (χ0v) is 17.3. The Kier molecular flexibility index (Phi) is 6.21. The molecular formula is C24H27FN4O. The highest BCUT2D eigenvalue weighted by molar-refractivity contribution is 5.96. The van der Waals surface area contributed by atoms with Crippen LogP contribution in [-0.4, -0.2) is 20.7 Å². The second-order valence-corrected chi connectivity index (χ2v) is 7.84. The Labute approximate surface area is 176 Å². The van der Waals surface area contributed by atoms with Gasteiger partial charge in [-0.05, 0) is 43.0 Å². The van der Waals surface area contributed by atoms with E-state index < -0.39 is 0 Å². The van der Waals surface area contributed by atoms with E-state index in [1.165, 1.54) is 6.07 Å². The van der Waals surface area contributed by atoms with Crippen LogP contribution in [0.3, 0.4) is 0 Å². The molecule has 1 unspecified atom stereocenters. The number of carbonyl (C=O) groups is 1. The van der Waals surface area contributed by atoms with E-state index in [-0.39, 0.29) is 17.6 Å². The number of hydrogen-bond donors (Lipinski definition) is 1. The van der Waals surface area contributed by atoms with E-state index in [0.29, 0.717) is 17.1 Å². The zero-order chi connectivity index (χ0) is 20.9. The summed E-state index contributed by atoms with van der Waals surface area (Å²) >= 11 is 0. The van der Waals surface area contributed by atoms with Crippen LogP contribution in [-0.2, 0) is 17.8 Å². The number of carbonyl (C=O) groups excluding carboxylic acids is 1. The summed E-state index contributed by atoms with van der Waals surface area (Å²) in [7, 11) is 0. The first kappa shape index (κ1) is 20.3. The summed E-state index contributed by atoms with van der Waals surface area (Å²) in [5, 5.41) is 11.5. The predicted octanol–water partition coefficient (Wildman–Crippen LogP) is 5.33. The van der Waals surface area contributed by atoms with Crippen LogP contribution in [0.1, 0.15) is 56.3 Å². The molecule has 2 heterocycles. The fourth-order valence-corrected chi connectivity index (χ4v) is 4.11. The molecule has 2 aromatic carbocycles. The summed E-state index contributed by atoms with van der Waals surface area (Å²) in [5.74, 6) is 0.757. The van der Waals surface area contributed by atoms with Crippen molar-refractivity contribution in [1.82, 2.24) is 14.8 Å². The molecule has 156 valence electrons. The van der Waals surface area contributed by atoms with Crippen LogP contribution < -0.4 is 5.32 Å². The van der Waals surface area contributed by atoms with Gasteiger partial charge in [0.2, 0.25) is 5.91 Å². The number of aryl methyl sites for hydroxylation is 1. The molecule has 0 fully saturated rings. The molecule has 30 heavy (non-hydrogen) atoms. The minimum absolute atomic E-state index is 0.0827. The lowest BCUT2D eigenvalue weighted by Gasteiger charge is -2.17. The van der Waals surface area contributed by atoms with Crippen molar-refractivity contribution in [3.8, 4) is 11.4 Å². The summed E-state index contributed by atoms with van der Waals surface area (Å²) in [5.41, 5.74) is 1.93. The van der Waals surface area contributed by atoms with E-state index in [9.17, 15) is 9.18 Å². The maximum atomic E-state index is 14.7. The fourth-order valence-electron chi connectivity index (χ4n) is 4.11. The van der Waals surface area contributed by atoms with Gasteiger partial charge >= 0.3 is 0 Å². The number of nitrogens with zero attached hydrogens (tertiary/aromatic N) is 3. The third-order valence-corrected chi connectivity index (χ3v) is 5.68. The third-order valence-electron chi connectivity index (χ3n) is 5.68. The fraction of sp³-hybridized carbons (Fsp3) is 0.375. The molecule has 0 bridgehead atoms. The van der Waals surface area contributed by atoms with E-state index in [1.807, 2.05) is 34.9 Å². The number of hydrogen-bond acceptors (Lipinski definition) is 3. The molecule has 0 aliphatic carbocycles. The van der Waals surface area contributed by atoms with Crippen molar-refractivity contribution in [3.63, 3.8) is 0 Å². The molecule has 5 nitrogen and oxygen atoms in total. The largest absolute Gasteiger partial charge is 0.326 e. The molecule has 1 aliphatic rings. The van der Waals surface area contributed by atoms with Crippen LogP contribution in [0.15, 0.2) is 48.5 Å². The minimum atomic E-state index is -0.361. The zero-order valence-electron chi connectivity index (χ0n) is 17.3. The first-order valence-corrected chi connectivity index (χ1v) is 10.7. The number of fused-ring (bicyclic) bond motifs is 1. The van der Waals surface area contributed by atoms with Crippen molar-refractivity contribution >= 4 is 11.6 Å². The lowest BCUT2D eigenvalue weighted by molar-refractivity contribution is -0.117. The third kappa shape index (κ3) is 4.27. The number of rotatable bonds is 6. The van der Waals surface area contributed by atoms with Gasteiger partial charge in [-0.15, -0.1) is 10.2 Å². The molecule has 1 amide bonds. The highest BCUT2D eigenvalue weighted by Crippen LogP contribution is 2.29. The maximum absolute atomic E-state index is 14.7. The molecule has 0 saturated heterocycles. The number of nitrogens with one attached hydrogen (secondary N) is 1. The molecule has 0 spiro atoms. The van der Waals surface area contributed by atoms with Gasteiger partial charge in [0.1, 0.15) is 11.6 Å². The van der Waals surface area contributed by atoms with Gasteiger partial charge in [0.05, 0.1) is 11.5 Å². The second kappa shape index (κ2) is 9.20. The molecule has 0 radical (unpaired) electrons. The van der Waals surface area contributed by atoms with Crippen molar-refractivity contribution in [2.24, 2.45) is 0 Å². The Morgan fingerprint density at radius 1 is 1.13 bits per heavy atom. The van der Waals surface area contributed by atoms with Gasteiger partial charge in [-0.25, -0.2) is 4.39 Å². The summed E-state index contributed by atoms with van der Waals surface area (Å²) in [4.78, 5) is 13.0. The van der Waals surface area contributed by atoms with Crippen LogP contribution in [0.4, 0.5) is 10.1 Å². The highest BCUT2D eigenvalue weighted by Gasteiger charge is 2.22. The average Bonchev–Trinajstić information content (AvgIpc) is 3.01. The molecular weight excluding hydrogens is 379 g/mol. The predicted molar refractivity (Wildman–Crippen MR) is 116 cm³/mol. The van der Waals surface area contributed by atoms with Crippen LogP contribution in [0.2, 0.25) is 0 Å². The Morgan fingerprint density at radius 2 is 1.97 bits per heavy atom. The number of benzene rings is 2. The molecule has 3 aromatic rings. The van der Waals surface area contributed by atoms with E-state index in [4.69, 9.17) is 0 Å². The number of aromatic nitrogens is 3. The van der Waals surface area contributed by atoms with E-state index in [2.05, 4.69) is 22.4 Å². The minimum Gasteiger partial charge on any atom is -0.326 e. The highest BCUT2D eigenvalue weighted by atomic mass is 19.1. The Bertz CT molecular complexity index is 1020. The topological polar surface area (TPSA) is 59.8 Å². The van der Waals surface area contributed by atoms with E-state index in [1.54, 1.807) is 12.1 Å². The van der Waals surface area contributed by atoms with Crippen LogP contribution >= 0.6 is 0 Å². The quantitative estimate of drug-likeness (QED) is 0.602. The van der Waals surface area contributed by atoms with Crippen molar-refractivity contribution in [2.45, 2.75) is 57.9 Å². The van der Waals surface area contributed by atoms with Gasteiger partial charge in [-0.2, -0.15) is 0 Å². The average molecular weight is 407 g/mol. The van der Waals surface area contributed by atoms with Gasteiger partial charge in [-0.3, -0.25) is 4.79 Å². The number of anilines is 1. The van der Waals surface area contributed by atoms with Crippen LogP contribution in [0.5, 0.6) is 0 Å². The van der Waals surface area contributed by atoms with E-state index in [0.717, 1.165) is 56.5 Å². The molecule has 4 rings (SSSR count). The lowest BCUT2D eigenvalue weighted by atomic mass is 9.93. The normalized spacial score (nSPS) is 14.6. The Hall–Kier alpha value is -3.02. The number of halogens is 1. The van der Waals surface area contributed by atoms with E-state index >= 15 is 0 Å². The van der Waals surface area contributed by atoms with Gasteiger partial charge in [-0.1, -0.05) is 50.1 Å². The molecule has 1 atom stereocenters. The molecule has 1 aliphatic heterocycles. The van der Waals surface area contributed by atoms with Gasteiger partial charge in [0.15, 0.2) is 5.82 Å². The standard InChI is InChI=1S/C24H27FN4O/c1-2-9-19(17-10-5-3-6-11-17)24(30)26-18-13-14-21(25)20(16-18)23-28-27-22-12-7-4-8-15-29(22)23/h3,5-6,10-11,13-14,16,19H,2,4,7-9,12,15H2,1H3,(H,26,30). The number of amides is 1. The van der Waals surface area contributed by atoms with Crippen molar-refractivity contribution < 1.29 is 9.18 Å². The lowest BCUT2D eigenvalue weighted by Crippen LogP contribution is -2.21. The molecule has 0 saturated carbocycles. The molecule has 6 heteroatoms. The second-order valence-electron chi connectivity index (χ2n) is 7.84. The van der Waals surface area contributed by atoms with Gasteiger partial charge in [0.25, 0.3) is 0 Å². The first-order chi connectivity index (χ1) is 14.7. The molecule has 1 N–H and O–H groups in total. The summed E-state index contributed by atoms with van der Waals surface area (Å²) in [6.45, 7) is 2.86. The van der Waals surface area contributed by atoms with Crippen molar-refractivity contribution in [2.75, 3.05) is 5.32 Å². The smallest absolute Gasteiger partial charge is 0.231 e.